The normalized spacial score (nSPS) is 16.0. The first kappa shape index (κ1) is 19.3. The van der Waals surface area contributed by atoms with Crippen LogP contribution in [0.5, 0.6) is 11.5 Å². The number of benzene rings is 1. The molecule has 6 nitrogen and oxygen atoms in total. The van der Waals surface area contributed by atoms with Crippen molar-refractivity contribution in [1.82, 2.24) is 4.90 Å². The van der Waals surface area contributed by atoms with E-state index in [1.54, 1.807) is 25.3 Å². The van der Waals surface area contributed by atoms with Crippen LogP contribution in [-0.2, 0) is 9.59 Å². The molecule has 1 aliphatic rings. The summed E-state index contributed by atoms with van der Waals surface area (Å²) < 4.78 is 11.3. The van der Waals surface area contributed by atoms with E-state index in [-0.39, 0.29) is 4.32 Å². The minimum atomic E-state index is -1.11. The van der Waals surface area contributed by atoms with Crippen molar-refractivity contribution >= 4 is 46.3 Å². The molecule has 0 atom stereocenters. The molecule has 0 bridgehead atoms. The van der Waals surface area contributed by atoms with Crippen LogP contribution in [0.1, 0.15) is 19.4 Å². The second kappa shape index (κ2) is 8.35. The SMILES string of the molecule is COc1cc(/C=C2/SC(=S)N(CC(=O)O)C2=O)ccc1OCC(C)C. The van der Waals surface area contributed by atoms with Crippen LogP contribution in [-0.4, -0.2) is 46.5 Å². The number of aliphatic carboxylic acids is 1. The molecule has 1 fully saturated rings. The predicted octanol–water partition coefficient (Wildman–Crippen LogP) is 3.02. The van der Waals surface area contributed by atoms with E-state index in [0.717, 1.165) is 22.2 Å². The number of methoxy groups -OCH3 is 1. The van der Waals surface area contributed by atoms with Crippen molar-refractivity contribution in [2.45, 2.75) is 13.8 Å². The van der Waals surface area contributed by atoms with Gasteiger partial charge in [0.2, 0.25) is 0 Å². The number of rotatable bonds is 7. The Bertz CT molecular complexity index is 730. The van der Waals surface area contributed by atoms with Gasteiger partial charge in [-0.3, -0.25) is 14.5 Å². The van der Waals surface area contributed by atoms with E-state index >= 15 is 0 Å². The standard InChI is InChI=1S/C17H19NO5S2/c1-10(2)9-23-12-5-4-11(6-13(12)22-3)7-14-16(21)18(8-15(19)20)17(24)25-14/h4-7,10H,8-9H2,1-3H3,(H,19,20)/b14-7+. The van der Waals surface area contributed by atoms with Crippen molar-refractivity contribution in [3.8, 4) is 11.5 Å². The Kier molecular flexibility index (Phi) is 6.44. The first-order valence-corrected chi connectivity index (χ1v) is 8.82. The Hall–Kier alpha value is -2.06. The fraction of sp³-hybridized carbons (Fsp3) is 0.353. The van der Waals surface area contributed by atoms with Gasteiger partial charge in [0.15, 0.2) is 11.5 Å². The van der Waals surface area contributed by atoms with Gasteiger partial charge < -0.3 is 14.6 Å². The number of carboxylic acids is 1. The van der Waals surface area contributed by atoms with E-state index in [2.05, 4.69) is 13.8 Å². The molecule has 0 unspecified atom stereocenters. The van der Waals surface area contributed by atoms with Crippen LogP contribution in [0.4, 0.5) is 0 Å². The topological polar surface area (TPSA) is 76.1 Å². The minimum absolute atomic E-state index is 0.238. The van der Waals surface area contributed by atoms with Gasteiger partial charge in [-0.25, -0.2) is 0 Å². The lowest BCUT2D eigenvalue weighted by molar-refractivity contribution is -0.140. The monoisotopic (exact) mass is 381 g/mol. The smallest absolute Gasteiger partial charge is 0.323 e. The molecule has 25 heavy (non-hydrogen) atoms. The molecule has 1 aliphatic heterocycles. The Morgan fingerprint density at radius 2 is 2.12 bits per heavy atom. The summed E-state index contributed by atoms with van der Waals surface area (Å²) in [5.41, 5.74) is 0.740. The zero-order valence-electron chi connectivity index (χ0n) is 14.1. The third-order valence-electron chi connectivity index (χ3n) is 3.22. The highest BCUT2D eigenvalue weighted by atomic mass is 32.2. The summed E-state index contributed by atoms with van der Waals surface area (Å²) in [7, 11) is 1.55. The van der Waals surface area contributed by atoms with Gasteiger partial charge in [0.05, 0.1) is 18.6 Å². The molecule has 0 aliphatic carbocycles. The van der Waals surface area contributed by atoms with Crippen LogP contribution in [0.3, 0.4) is 0 Å². The first-order valence-electron chi connectivity index (χ1n) is 7.59. The second-order valence-electron chi connectivity index (χ2n) is 5.78. The van der Waals surface area contributed by atoms with Crippen LogP contribution in [0, 0.1) is 5.92 Å². The van der Waals surface area contributed by atoms with Crippen LogP contribution in [0.15, 0.2) is 23.1 Å². The summed E-state index contributed by atoms with van der Waals surface area (Å²) in [6, 6.07) is 5.35. The van der Waals surface area contributed by atoms with E-state index in [4.69, 9.17) is 26.8 Å². The molecule has 134 valence electrons. The third-order valence-corrected chi connectivity index (χ3v) is 4.60. The van der Waals surface area contributed by atoms with Gasteiger partial charge in [-0.05, 0) is 29.7 Å². The van der Waals surface area contributed by atoms with Crippen molar-refractivity contribution in [3.05, 3.63) is 28.7 Å². The van der Waals surface area contributed by atoms with Crippen LogP contribution < -0.4 is 9.47 Å². The molecule has 8 heteroatoms. The van der Waals surface area contributed by atoms with E-state index in [0.29, 0.717) is 28.9 Å². The van der Waals surface area contributed by atoms with Gasteiger partial charge in [0, 0.05) is 0 Å². The molecule has 0 radical (unpaired) electrons. The highest BCUT2D eigenvalue weighted by molar-refractivity contribution is 8.26. The first-order chi connectivity index (χ1) is 11.8. The third kappa shape index (κ3) is 4.96. The van der Waals surface area contributed by atoms with Gasteiger partial charge in [0.25, 0.3) is 5.91 Å². The molecule has 1 aromatic carbocycles. The van der Waals surface area contributed by atoms with Crippen LogP contribution in [0.2, 0.25) is 0 Å². The Labute approximate surface area is 155 Å². The van der Waals surface area contributed by atoms with Crippen LogP contribution >= 0.6 is 24.0 Å². The molecule has 1 saturated heterocycles. The van der Waals surface area contributed by atoms with Crippen molar-refractivity contribution in [2.75, 3.05) is 20.3 Å². The number of hydrogen-bond acceptors (Lipinski definition) is 6. The molecule has 1 amide bonds. The maximum atomic E-state index is 12.3. The number of thiocarbonyl (C=S) groups is 1. The summed E-state index contributed by atoms with van der Waals surface area (Å²) in [4.78, 5) is 24.6. The predicted molar refractivity (Wildman–Crippen MR) is 101 cm³/mol. The summed E-state index contributed by atoms with van der Waals surface area (Å²) in [5.74, 6) is 0.0739. The van der Waals surface area contributed by atoms with E-state index in [9.17, 15) is 9.59 Å². The molecular formula is C17H19NO5S2. The van der Waals surface area contributed by atoms with Crippen molar-refractivity contribution in [3.63, 3.8) is 0 Å². The Balaban J connectivity index is 2.22. The summed E-state index contributed by atoms with van der Waals surface area (Å²) >= 11 is 6.16. The number of carbonyl (C=O) groups is 2. The average Bonchev–Trinajstić information content (AvgIpc) is 2.80. The van der Waals surface area contributed by atoms with Gasteiger partial charge in [-0.2, -0.15) is 0 Å². The Morgan fingerprint density at radius 1 is 1.40 bits per heavy atom. The maximum Gasteiger partial charge on any atom is 0.323 e. The molecule has 0 spiro atoms. The molecule has 1 N–H and O–H groups in total. The molecule has 2 rings (SSSR count). The van der Waals surface area contributed by atoms with Crippen molar-refractivity contribution in [2.24, 2.45) is 5.92 Å². The van der Waals surface area contributed by atoms with Gasteiger partial charge in [0.1, 0.15) is 10.9 Å². The average molecular weight is 381 g/mol. The number of carboxylic acid groups (broad SMARTS) is 1. The van der Waals surface area contributed by atoms with Gasteiger partial charge in [-0.1, -0.05) is 43.9 Å². The molecule has 0 saturated carbocycles. The number of nitrogens with zero attached hydrogens (tertiary/aromatic N) is 1. The molecule has 1 heterocycles. The van der Waals surface area contributed by atoms with E-state index < -0.39 is 18.4 Å². The second-order valence-corrected chi connectivity index (χ2v) is 7.45. The fourth-order valence-electron chi connectivity index (χ4n) is 2.07. The highest BCUT2D eigenvalue weighted by Gasteiger charge is 2.33. The Morgan fingerprint density at radius 3 is 2.72 bits per heavy atom. The summed E-state index contributed by atoms with van der Waals surface area (Å²) in [6.45, 7) is 4.25. The molecule has 0 aromatic heterocycles. The lowest BCUT2D eigenvalue weighted by atomic mass is 10.1. The highest BCUT2D eigenvalue weighted by Crippen LogP contribution is 2.34. The minimum Gasteiger partial charge on any atom is -0.493 e. The fourth-order valence-corrected chi connectivity index (χ4v) is 3.33. The quantitative estimate of drug-likeness (QED) is 0.575. The van der Waals surface area contributed by atoms with Crippen molar-refractivity contribution in [1.29, 1.82) is 0 Å². The van der Waals surface area contributed by atoms with Crippen molar-refractivity contribution < 1.29 is 24.2 Å². The number of ether oxygens (including phenoxy) is 2. The van der Waals surface area contributed by atoms with Gasteiger partial charge in [-0.15, -0.1) is 0 Å². The summed E-state index contributed by atoms with van der Waals surface area (Å²) in [5, 5.41) is 8.86. The molecular weight excluding hydrogens is 362 g/mol. The largest absolute Gasteiger partial charge is 0.493 e. The number of thioether (sulfide) groups is 1. The summed E-state index contributed by atoms with van der Waals surface area (Å²) in [6.07, 6.45) is 1.66. The lowest BCUT2D eigenvalue weighted by Gasteiger charge is -2.13. The lowest BCUT2D eigenvalue weighted by Crippen LogP contribution is -2.33. The number of amides is 1. The zero-order valence-corrected chi connectivity index (χ0v) is 15.8. The maximum absolute atomic E-state index is 12.3. The van der Waals surface area contributed by atoms with E-state index in [1.807, 2.05) is 6.07 Å². The van der Waals surface area contributed by atoms with Crippen LogP contribution in [0.25, 0.3) is 6.08 Å². The van der Waals surface area contributed by atoms with Gasteiger partial charge >= 0.3 is 5.97 Å². The number of carbonyl (C=O) groups excluding carboxylic acids is 1. The van der Waals surface area contributed by atoms with E-state index in [1.165, 1.54) is 0 Å². The zero-order chi connectivity index (χ0) is 18.6. The molecule has 1 aromatic rings. The number of hydrogen-bond donors (Lipinski definition) is 1.